The molecule has 0 atom stereocenters. The van der Waals surface area contributed by atoms with E-state index in [2.05, 4.69) is 41.2 Å². The molecule has 2 N–H and O–H groups in total. The van der Waals surface area contributed by atoms with E-state index in [0.717, 1.165) is 22.9 Å². The molecule has 19 heavy (non-hydrogen) atoms. The summed E-state index contributed by atoms with van der Waals surface area (Å²) in [7, 11) is 2.06. The van der Waals surface area contributed by atoms with E-state index >= 15 is 0 Å². The quantitative estimate of drug-likeness (QED) is 0.740. The zero-order valence-corrected chi connectivity index (χ0v) is 11.5. The molecule has 3 aromatic rings. The lowest BCUT2D eigenvalue weighted by Gasteiger charge is -2.15. The standard InChI is InChI=1S/C15H15N3S/c1-18(10-11-5-3-2-4-6-11)15-17-13-9-12(16)7-8-14(13)19-15/h2-9H,10,16H2,1H3. The van der Waals surface area contributed by atoms with E-state index in [1.807, 2.05) is 24.3 Å². The second-order valence-corrected chi connectivity index (χ2v) is 5.57. The smallest absolute Gasteiger partial charge is 0.186 e. The fourth-order valence-electron chi connectivity index (χ4n) is 2.02. The topological polar surface area (TPSA) is 42.2 Å². The van der Waals surface area contributed by atoms with Gasteiger partial charge in [0.15, 0.2) is 5.13 Å². The molecule has 0 bridgehead atoms. The number of aromatic nitrogens is 1. The molecule has 0 aliphatic heterocycles. The highest BCUT2D eigenvalue weighted by molar-refractivity contribution is 7.22. The zero-order valence-electron chi connectivity index (χ0n) is 10.7. The van der Waals surface area contributed by atoms with Crippen molar-refractivity contribution in [3.05, 3.63) is 54.1 Å². The van der Waals surface area contributed by atoms with Gasteiger partial charge in [0.25, 0.3) is 0 Å². The first-order valence-corrected chi connectivity index (χ1v) is 6.95. The van der Waals surface area contributed by atoms with Crippen LogP contribution in [0.25, 0.3) is 10.2 Å². The number of nitrogens with two attached hydrogens (primary N) is 1. The highest BCUT2D eigenvalue weighted by atomic mass is 32.1. The van der Waals surface area contributed by atoms with Crippen molar-refractivity contribution in [3.63, 3.8) is 0 Å². The molecule has 3 nitrogen and oxygen atoms in total. The van der Waals surface area contributed by atoms with Gasteiger partial charge in [-0.2, -0.15) is 0 Å². The first-order chi connectivity index (χ1) is 9.22. The van der Waals surface area contributed by atoms with Crippen LogP contribution >= 0.6 is 11.3 Å². The number of nitrogens with zero attached hydrogens (tertiary/aromatic N) is 2. The van der Waals surface area contributed by atoms with Crippen LogP contribution in [-0.2, 0) is 6.54 Å². The molecule has 0 aliphatic rings. The van der Waals surface area contributed by atoms with E-state index in [9.17, 15) is 0 Å². The van der Waals surface area contributed by atoms with Gasteiger partial charge in [0.2, 0.25) is 0 Å². The van der Waals surface area contributed by atoms with Crippen molar-refractivity contribution in [2.24, 2.45) is 0 Å². The van der Waals surface area contributed by atoms with Crippen molar-refractivity contribution < 1.29 is 0 Å². The Hall–Kier alpha value is -2.07. The van der Waals surface area contributed by atoms with Crippen molar-refractivity contribution in [3.8, 4) is 0 Å². The predicted molar refractivity (Wildman–Crippen MR) is 82.6 cm³/mol. The van der Waals surface area contributed by atoms with Gasteiger partial charge in [0, 0.05) is 19.3 Å². The van der Waals surface area contributed by atoms with Gasteiger partial charge in [-0.05, 0) is 23.8 Å². The van der Waals surface area contributed by atoms with E-state index in [4.69, 9.17) is 5.73 Å². The van der Waals surface area contributed by atoms with Crippen LogP contribution < -0.4 is 10.6 Å². The van der Waals surface area contributed by atoms with Crippen molar-refractivity contribution in [1.29, 1.82) is 0 Å². The zero-order chi connectivity index (χ0) is 13.2. The van der Waals surface area contributed by atoms with Crippen LogP contribution in [0.5, 0.6) is 0 Å². The molecule has 2 aromatic carbocycles. The van der Waals surface area contributed by atoms with Gasteiger partial charge in [-0.1, -0.05) is 41.7 Å². The Morgan fingerprint density at radius 2 is 1.95 bits per heavy atom. The van der Waals surface area contributed by atoms with Gasteiger partial charge >= 0.3 is 0 Å². The third-order valence-electron chi connectivity index (χ3n) is 2.99. The average Bonchev–Trinajstić information content (AvgIpc) is 2.83. The van der Waals surface area contributed by atoms with Gasteiger partial charge in [0.1, 0.15) is 0 Å². The first-order valence-electron chi connectivity index (χ1n) is 6.13. The molecule has 3 rings (SSSR count). The minimum absolute atomic E-state index is 0.759. The molecule has 0 aliphatic carbocycles. The summed E-state index contributed by atoms with van der Waals surface area (Å²) in [5, 5.41) is 1.02. The van der Waals surface area contributed by atoms with Crippen LogP contribution in [0.1, 0.15) is 5.56 Å². The van der Waals surface area contributed by atoms with Gasteiger partial charge in [-0.25, -0.2) is 4.98 Å². The lowest BCUT2D eigenvalue weighted by Crippen LogP contribution is -2.15. The summed E-state index contributed by atoms with van der Waals surface area (Å²) in [4.78, 5) is 6.80. The van der Waals surface area contributed by atoms with Crippen LogP contribution in [0.3, 0.4) is 0 Å². The Balaban J connectivity index is 1.87. The van der Waals surface area contributed by atoms with Crippen molar-refractivity contribution in [2.45, 2.75) is 6.54 Å². The van der Waals surface area contributed by atoms with Gasteiger partial charge in [-0.3, -0.25) is 0 Å². The summed E-state index contributed by atoms with van der Waals surface area (Å²) < 4.78 is 1.17. The summed E-state index contributed by atoms with van der Waals surface area (Å²) in [6.07, 6.45) is 0. The van der Waals surface area contributed by atoms with E-state index < -0.39 is 0 Å². The van der Waals surface area contributed by atoms with Crippen LogP contribution in [0.15, 0.2) is 48.5 Å². The summed E-state index contributed by atoms with van der Waals surface area (Å²) in [5.74, 6) is 0. The minimum Gasteiger partial charge on any atom is -0.399 e. The molecule has 96 valence electrons. The lowest BCUT2D eigenvalue weighted by molar-refractivity contribution is 0.917. The molecule has 0 saturated heterocycles. The third kappa shape index (κ3) is 2.53. The summed E-state index contributed by atoms with van der Waals surface area (Å²) >= 11 is 1.69. The summed E-state index contributed by atoms with van der Waals surface area (Å²) in [6.45, 7) is 0.857. The fraction of sp³-hybridized carbons (Fsp3) is 0.133. The molecule has 1 heterocycles. The monoisotopic (exact) mass is 269 g/mol. The maximum absolute atomic E-state index is 5.78. The minimum atomic E-state index is 0.759. The maximum Gasteiger partial charge on any atom is 0.186 e. The van der Waals surface area contributed by atoms with Gasteiger partial charge in [-0.15, -0.1) is 0 Å². The molecule has 0 saturated carbocycles. The molecule has 4 heteroatoms. The SMILES string of the molecule is CN(Cc1ccccc1)c1nc2cc(N)ccc2s1. The predicted octanol–water partition coefficient (Wildman–Crippen LogP) is 3.51. The Bertz CT molecular complexity index is 691. The molecule has 1 aromatic heterocycles. The fourth-order valence-corrected chi connectivity index (χ4v) is 2.93. The Labute approximate surface area is 116 Å². The third-order valence-corrected chi connectivity index (χ3v) is 4.14. The molecular formula is C15H15N3S. The second-order valence-electron chi connectivity index (χ2n) is 4.57. The van der Waals surface area contributed by atoms with E-state index in [1.54, 1.807) is 11.3 Å². The number of hydrogen-bond acceptors (Lipinski definition) is 4. The maximum atomic E-state index is 5.78. The first kappa shape index (κ1) is 12.0. The molecule has 0 fully saturated rings. The normalized spacial score (nSPS) is 10.8. The molecule has 0 unspecified atom stereocenters. The summed E-state index contributed by atoms with van der Waals surface area (Å²) in [5.41, 5.74) is 8.80. The Morgan fingerprint density at radius 3 is 2.74 bits per heavy atom. The van der Waals surface area contributed by atoms with Crippen LogP contribution in [-0.4, -0.2) is 12.0 Å². The Morgan fingerprint density at radius 1 is 1.16 bits per heavy atom. The number of anilines is 2. The molecule has 0 radical (unpaired) electrons. The average molecular weight is 269 g/mol. The van der Waals surface area contributed by atoms with Gasteiger partial charge in [0.05, 0.1) is 10.2 Å². The van der Waals surface area contributed by atoms with Crippen LogP contribution in [0.2, 0.25) is 0 Å². The van der Waals surface area contributed by atoms with E-state index in [0.29, 0.717) is 0 Å². The van der Waals surface area contributed by atoms with Crippen molar-refractivity contribution in [1.82, 2.24) is 4.98 Å². The van der Waals surface area contributed by atoms with Crippen LogP contribution in [0, 0.1) is 0 Å². The second kappa shape index (κ2) is 4.90. The number of hydrogen-bond donors (Lipinski definition) is 1. The summed E-state index contributed by atoms with van der Waals surface area (Å²) in [6, 6.07) is 16.3. The van der Waals surface area contributed by atoms with E-state index in [-0.39, 0.29) is 0 Å². The highest BCUT2D eigenvalue weighted by Crippen LogP contribution is 2.29. The lowest BCUT2D eigenvalue weighted by atomic mass is 10.2. The van der Waals surface area contributed by atoms with Crippen molar-refractivity contribution in [2.75, 3.05) is 17.7 Å². The number of rotatable bonds is 3. The Kier molecular flexibility index (Phi) is 3.09. The molecule has 0 amide bonds. The van der Waals surface area contributed by atoms with Crippen LogP contribution in [0.4, 0.5) is 10.8 Å². The number of thiazole rings is 1. The number of nitrogen functional groups attached to an aromatic ring is 1. The van der Waals surface area contributed by atoms with Gasteiger partial charge < -0.3 is 10.6 Å². The largest absolute Gasteiger partial charge is 0.399 e. The number of fused-ring (bicyclic) bond motifs is 1. The molecular weight excluding hydrogens is 254 g/mol. The number of benzene rings is 2. The van der Waals surface area contributed by atoms with E-state index in [1.165, 1.54) is 10.3 Å². The highest BCUT2D eigenvalue weighted by Gasteiger charge is 2.08. The van der Waals surface area contributed by atoms with Crippen molar-refractivity contribution >= 4 is 32.4 Å². The molecule has 0 spiro atoms.